The van der Waals surface area contributed by atoms with E-state index >= 15 is 0 Å². The van der Waals surface area contributed by atoms with Crippen LogP contribution in [0.5, 0.6) is 11.5 Å². The highest BCUT2D eigenvalue weighted by Gasteiger charge is 2.36. The molecule has 0 aliphatic carbocycles. The molecular weight excluding hydrogens is 556 g/mol. The predicted octanol–water partition coefficient (Wildman–Crippen LogP) is 6.33. The molecule has 1 heterocycles. The summed E-state index contributed by atoms with van der Waals surface area (Å²) in [4.78, 5) is 39.2. The average molecular weight is 581 g/mol. The molecule has 3 aromatic rings. The van der Waals surface area contributed by atoms with Crippen LogP contribution in [0.2, 0.25) is 0 Å². The molecule has 190 valence electrons. The fourth-order valence-electron chi connectivity index (χ4n) is 3.63. The van der Waals surface area contributed by atoms with Crippen LogP contribution in [0.3, 0.4) is 0 Å². The van der Waals surface area contributed by atoms with E-state index in [9.17, 15) is 14.4 Å². The SMILES string of the molecule is COc1cc(/C=C2\SC(=O)N(CC(=O)Nc3cc(C)ccc3C)C2=O)ccc1OCc1ccc(Br)cc1. The van der Waals surface area contributed by atoms with Gasteiger partial charge in [-0.2, -0.15) is 0 Å². The van der Waals surface area contributed by atoms with Gasteiger partial charge in [-0.15, -0.1) is 0 Å². The topological polar surface area (TPSA) is 84.9 Å². The Bertz CT molecular complexity index is 1390. The van der Waals surface area contributed by atoms with E-state index in [0.717, 1.165) is 37.8 Å². The molecule has 0 radical (unpaired) electrons. The largest absolute Gasteiger partial charge is 0.493 e. The fourth-order valence-corrected chi connectivity index (χ4v) is 4.73. The number of methoxy groups -OCH3 is 1. The number of anilines is 1. The van der Waals surface area contributed by atoms with Gasteiger partial charge in [-0.05, 0) is 84.3 Å². The number of benzene rings is 3. The van der Waals surface area contributed by atoms with Crippen LogP contribution in [-0.2, 0) is 16.2 Å². The van der Waals surface area contributed by atoms with Crippen molar-refractivity contribution in [3.63, 3.8) is 0 Å². The second-order valence-corrected chi connectivity index (χ2v) is 10.4. The van der Waals surface area contributed by atoms with Gasteiger partial charge in [-0.1, -0.05) is 46.3 Å². The van der Waals surface area contributed by atoms with Crippen molar-refractivity contribution >= 4 is 56.5 Å². The summed E-state index contributed by atoms with van der Waals surface area (Å²) in [5.41, 5.74) is 4.21. The summed E-state index contributed by atoms with van der Waals surface area (Å²) in [5.74, 6) is 0.101. The molecule has 3 amide bonds. The molecule has 0 saturated carbocycles. The number of rotatable bonds is 8. The summed E-state index contributed by atoms with van der Waals surface area (Å²) < 4.78 is 12.4. The first-order valence-corrected chi connectivity index (χ1v) is 13.0. The molecule has 0 atom stereocenters. The lowest BCUT2D eigenvalue weighted by molar-refractivity contribution is -0.127. The number of hydrogen-bond donors (Lipinski definition) is 1. The quantitative estimate of drug-likeness (QED) is 0.313. The Morgan fingerprint density at radius 2 is 1.78 bits per heavy atom. The number of aryl methyl sites for hydroxylation is 2. The molecule has 0 aromatic heterocycles. The standard InChI is InChI=1S/C28H25BrN2O5S/c1-17-4-5-18(2)22(12-17)30-26(32)15-31-27(33)25(37-28(31)34)14-20-8-11-23(24(13-20)35-3)36-16-19-6-9-21(29)10-7-19/h4-14H,15-16H2,1-3H3,(H,30,32)/b25-14-. The lowest BCUT2D eigenvalue weighted by Gasteiger charge is -2.14. The smallest absolute Gasteiger partial charge is 0.294 e. The molecule has 9 heteroatoms. The van der Waals surface area contributed by atoms with Crippen LogP contribution in [0, 0.1) is 13.8 Å². The Labute approximate surface area is 228 Å². The number of ether oxygens (including phenoxy) is 2. The first-order valence-electron chi connectivity index (χ1n) is 11.4. The molecule has 37 heavy (non-hydrogen) atoms. The van der Waals surface area contributed by atoms with Crippen molar-refractivity contribution < 1.29 is 23.9 Å². The first-order chi connectivity index (χ1) is 17.7. The summed E-state index contributed by atoms with van der Waals surface area (Å²) in [6, 6.07) is 18.8. The van der Waals surface area contributed by atoms with Crippen molar-refractivity contribution in [2.75, 3.05) is 19.0 Å². The number of thioether (sulfide) groups is 1. The van der Waals surface area contributed by atoms with E-state index in [1.165, 1.54) is 7.11 Å². The summed E-state index contributed by atoms with van der Waals surface area (Å²) in [5, 5.41) is 2.29. The van der Waals surface area contributed by atoms with Gasteiger partial charge in [0, 0.05) is 10.2 Å². The van der Waals surface area contributed by atoms with Crippen molar-refractivity contribution in [2.24, 2.45) is 0 Å². The number of imide groups is 1. The van der Waals surface area contributed by atoms with Crippen molar-refractivity contribution in [1.29, 1.82) is 0 Å². The van der Waals surface area contributed by atoms with E-state index < -0.39 is 17.1 Å². The molecule has 1 fully saturated rings. The van der Waals surface area contributed by atoms with Crippen LogP contribution in [-0.4, -0.2) is 35.6 Å². The normalized spacial score (nSPS) is 14.3. The Morgan fingerprint density at radius 1 is 1.03 bits per heavy atom. The molecule has 1 aliphatic heterocycles. The van der Waals surface area contributed by atoms with Crippen molar-refractivity contribution in [3.05, 3.63) is 92.3 Å². The van der Waals surface area contributed by atoms with Gasteiger partial charge >= 0.3 is 0 Å². The predicted molar refractivity (Wildman–Crippen MR) is 149 cm³/mol. The number of amides is 3. The lowest BCUT2D eigenvalue weighted by Crippen LogP contribution is -2.36. The lowest BCUT2D eigenvalue weighted by atomic mass is 10.1. The maximum atomic E-state index is 12.9. The number of nitrogens with one attached hydrogen (secondary N) is 1. The van der Waals surface area contributed by atoms with E-state index in [1.807, 2.05) is 56.3 Å². The molecule has 7 nitrogen and oxygen atoms in total. The van der Waals surface area contributed by atoms with E-state index in [2.05, 4.69) is 21.2 Å². The van der Waals surface area contributed by atoms with Gasteiger partial charge in [0.25, 0.3) is 11.1 Å². The highest BCUT2D eigenvalue weighted by atomic mass is 79.9. The molecular formula is C28H25BrN2O5S. The van der Waals surface area contributed by atoms with Gasteiger partial charge in [0.15, 0.2) is 11.5 Å². The number of carbonyl (C=O) groups excluding carboxylic acids is 3. The summed E-state index contributed by atoms with van der Waals surface area (Å²) in [6.07, 6.45) is 1.61. The van der Waals surface area contributed by atoms with Crippen LogP contribution in [0.25, 0.3) is 6.08 Å². The summed E-state index contributed by atoms with van der Waals surface area (Å²) in [6.45, 7) is 3.81. The fraction of sp³-hybridized carbons (Fsp3) is 0.179. The third-order valence-corrected chi connectivity index (χ3v) is 7.07. The molecule has 4 rings (SSSR count). The first kappa shape index (κ1) is 26.5. The summed E-state index contributed by atoms with van der Waals surface area (Å²) in [7, 11) is 1.54. The van der Waals surface area contributed by atoms with Gasteiger partial charge in [-0.25, -0.2) is 0 Å². The van der Waals surface area contributed by atoms with Crippen molar-refractivity contribution in [3.8, 4) is 11.5 Å². The molecule has 0 bridgehead atoms. The molecule has 1 aliphatic rings. The van der Waals surface area contributed by atoms with Gasteiger partial charge in [0.05, 0.1) is 12.0 Å². The second-order valence-electron chi connectivity index (χ2n) is 8.46. The third kappa shape index (κ3) is 6.61. The number of halogens is 1. The van der Waals surface area contributed by atoms with E-state index in [4.69, 9.17) is 9.47 Å². The Kier molecular flexibility index (Phi) is 8.35. The molecule has 0 spiro atoms. The zero-order valence-corrected chi connectivity index (χ0v) is 22.9. The molecule has 0 unspecified atom stereocenters. The van der Waals surface area contributed by atoms with Crippen LogP contribution in [0.4, 0.5) is 10.5 Å². The number of carbonyl (C=O) groups is 3. The van der Waals surface area contributed by atoms with Gasteiger partial charge in [0.2, 0.25) is 5.91 Å². The average Bonchev–Trinajstić information content (AvgIpc) is 3.13. The number of nitrogens with zero attached hydrogens (tertiary/aromatic N) is 1. The maximum absolute atomic E-state index is 12.9. The molecule has 3 aromatic carbocycles. The van der Waals surface area contributed by atoms with Gasteiger partial charge in [-0.3, -0.25) is 19.3 Å². The number of hydrogen-bond acceptors (Lipinski definition) is 6. The third-order valence-electron chi connectivity index (χ3n) is 5.64. The van der Waals surface area contributed by atoms with E-state index in [0.29, 0.717) is 29.4 Å². The maximum Gasteiger partial charge on any atom is 0.294 e. The minimum atomic E-state index is -0.513. The van der Waals surface area contributed by atoms with Crippen molar-refractivity contribution in [2.45, 2.75) is 20.5 Å². The zero-order valence-electron chi connectivity index (χ0n) is 20.5. The molecule has 1 saturated heterocycles. The van der Waals surface area contributed by atoms with Gasteiger partial charge in [0.1, 0.15) is 13.2 Å². The minimum Gasteiger partial charge on any atom is -0.493 e. The van der Waals surface area contributed by atoms with Crippen LogP contribution < -0.4 is 14.8 Å². The highest BCUT2D eigenvalue weighted by molar-refractivity contribution is 9.10. The zero-order chi connectivity index (χ0) is 26.5. The van der Waals surface area contributed by atoms with E-state index in [-0.39, 0.29) is 11.4 Å². The second kappa shape index (κ2) is 11.7. The van der Waals surface area contributed by atoms with Crippen molar-refractivity contribution in [1.82, 2.24) is 4.90 Å². The molecule has 1 N–H and O–H groups in total. The highest BCUT2D eigenvalue weighted by Crippen LogP contribution is 2.35. The Hall–Kier alpha value is -3.56. The summed E-state index contributed by atoms with van der Waals surface area (Å²) >= 11 is 4.21. The van der Waals surface area contributed by atoms with Gasteiger partial charge < -0.3 is 14.8 Å². The van der Waals surface area contributed by atoms with Crippen LogP contribution in [0.15, 0.2) is 70.0 Å². The Morgan fingerprint density at radius 3 is 2.51 bits per heavy atom. The minimum absolute atomic E-state index is 0.232. The monoisotopic (exact) mass is 580 g/mol. The van der Waals surface area contributed by atoms with Crippen LogP contribution >= 0.6 is 27.7 Å². The van der Waals surface area contributed by atoms with E-state index in [1.54, 1.807) is 24.3 Å². The van der Waals surface area contributed by atoms with Crippen LogP contribution in [0.1, 0.15) is 22.3 Å². The Balaban J connectivity index is 1.43.